The molecule has 7 rings (SSSR count). The number of imidazole rings is 2. The molecule has 0 amide bonds. The minimum atomic E-state index is -0.953. The van der Waals surface area contributed by atoms with Crippen molar-refractivity contribution in [1.29, 1.82) is 0 Å². The van der Waals surface area contributed by atoms with Gasteiger partial charge in [-0.25, -0.2) is 19.9 Å². The second kappa shape index (κ2) is 11.8. The maximum Gasteiger partial charge on any atom is 0.322 e. The van der Waals surface area contributed by atoms with Crippen molar-refractivity contribution >= 4 is 40.0 Å². The van der Waals surface area contributed by atoms with Crippen LogP contribution in [0.25, 0.3) is 39.3 Å². The molecular weight excluding hydrogens is 568 g/mol. The van der Waals surface area contributed by atoms with Gasteiger partial charge in [0.15, 0.2) is 0 Å². The number of fused-ring (bicyclic) bond motifs is 2. The lowest BCUT2D eigenvalue weighted by Crippen LogP contribution is -2.12. The number of carboxylic acid groups (broad SMARTS) is 1. The molecule has 11 heteroatoms. The number of aliphatic carboxylic acids is 1. The summed E-state index contributed by atoms with van der Waals surface area (Å²) in [4.78, 5) is 33.6. The Morgan fingerprint density at radius 2 is 1.82 bits per heavy atom. The molecule has 0 spiro atoms. The summed E-state index contributed by atoms with van der Waals surface area (Å²) in [6, 6.07) is 29.4. The van der Waals surface area contributed by atoms with Crippen molar-refractivity contribution in [2.45, 2.75) is 6.42 Å². The first kappa shape index (κ1) is 27.6. The average Bonchev–Trinajstić information content (AvgIpc) is 3.65. The van der Waals surface area contributed by atoms with E-state index in [9.17, 15) is 4.79 Å². The number of rotatable bonds is 10. The van der Waals surface area contributed by atoms with Gasteiger partial charge in [0.05, 0.1) is 40.9 Å². The predicted octanol–water partition coefficient (Wildman–Crippen LogP) is 6.17. The summed E-state index contributed by atoms with van der Waals surface area (Å²) in [5.41, 5.74) is 8.22. The molecule has 0 aliphatic rings. The Balaban J connectivity index is 1.24. The molecule has 0 unspecified atom stereocenters. The van der Waals surface area contributed by atoms with Gasteiger partial charge in [0.25, 0.3) is 0 Å². The molecule has 45 heavy (non-hydrogen) atoms. The van der Waals surface area contributed by atoms with Gasteiger partial charge < -0.3 is 25.5 Å². The molecule has 3 aromatic carbocycles. The van der Waals surface area contributed by atoms with Crippen molar-refractivity contribution in [3.63, 3.8) is 0 Å². The molecule has 222 valence electrons. The first-order valence-electron chi connectivity index (χ1n) is 14.3. The van der Waals surface area contributed by atoms with Crippen molar-refractivity contribution in [3.05, 3.63) is 115 Å². The van der Waals surface area contributed by atoms with Crippen LogP contribution in [0.4, 0.5) is 17.3 Å². The molecule has 0 aliphatic carbocycles. The summed E-state index contributed by atoms with van der Waals surface area (Å²) >= 11 is 0. The number of aromatic amines is 1. The van der Waals surface area contributed by atoms with Crippen LogP contribution in [0.5, 0.6) is 5.75 Å². The Hall–Kier alpha value is -6.23. The van der Waals surface area contributed by atoms with Gasteiger partial charge >= 0.3 is 5.97 Å². The van der Waals surface area contributed by atoms with Crippen LogP contribution in [0, 0.1) is 0 Å². The normalized spacial score (nSPS) is 11.1. The zero-order valence-corrected chi connectivity index (χ0v) is 24.2. The van der Waals surface area contributed by atoms with E-state index in [2.05, 4.69) is 38.8 Å². The van der Waals surface area contributed by atoms with Gasteiger partial charge in [-0.05, 0) is 48.0 Å². The third kappa shape index (κ3) is 5.74. The van der Waals surface area contributed by atoms with Gasteiger partial charge in [-0.2, -0.15) is 0 Å². The number of hydrogen-bond acceptors (Lipinski definition) is 8. The maximum atomic E-state index is 10.9. The van der Waals surface area contributed by atoms with E-state index >= 15 is 0 Å². The summed E-state index contributed by atoms with van der Waals surface area (Å²) in [5, 5.41) is 15.1. The van der Waals surface area contributed by atoms with Crippen LogP contribution in [-0.2, 0) is 11.2 Å². The van der Waals surface area contributed by atoms with E-state index in [-0.39, 0.29) is 6.54 Å². The highest BCUT2D eigenvalue weighted by molar-refractivity contribution is 5.87. The first-order valence-corrected chi connectivity index (χ1v) is 14.3. The third-order valence-corrected chi connectivity index (χ3v) is 7.34. The zero-order chi connectivity index (χ0) is 30.8. The summed E-state index contributed by atoms with van der Waals surface area (Å²) in [5.74, 6) is 0.817. The summed E-state index contributed by atoms with van der Waals surface area (Å²) in [6.07, 6.45) is 4.37. The Bertz CT molecular complexity index is 2160. The van der Waals surface area contributed by atoms with E-state index < -0.39 is 5.97 Å². The number of ether oxygens (including phenoxy) is 1. The molecule has 0 aliphatic heterocycles. The third-order valence-electron chi connectivity index (χ3n) is 7.34. The molecule has 4 N–H and O–H groups in total. The van der Waals surface area contributed by atoms with Crippen LogP contribution in [0.15, 0.2) is 103 Å². The van der Waals surface area contributed by atoms with Gasteiger partial charge in [0.1, 0.15) is 23.8 Å². The average molecular weight is 597 g/mol. The van der Waals surface area contributed by atoms with Crippen LogP contribution >= 0.6 is 0 Å². The lowest BCUT2D eigenvalue weighted by atomic mass is 10.1. The predicted molar refractivity (Wildman–Crippen MR) is 173 cm³/mol. The van der Waals surface area contributed by atoms with Gasteiger partial charge in [-0.15, -0.1) is 0 Å². The number of carboxylic acids is 1. The highest BCUT2D eigenvalue weighted by atomic mass is 16.5. The Labute approximate surface area is 257 Å². The number of anilines is 3. The summed E-state index contributed by atoms with van der Waals surface area (Å²) < 4.78 is 7.56. The van der Waals surface area contributed by atoms with Crippen LogP contribution < -0.4 is 15.4 Å². The Kier molecular flexibility index (Phi) is 7.24. The van der Waals surface area contributed by atoms with Gasteiger partial charge in [-0.1, -0.05) is 42.5 Å². The van der Waals surface area contributed by atoms with Crippen molar-refractivity contribution in [1.82, 2.24) is 29.3 Å². The van der Waals surface area contributed by atoms with Crippen molar-refractivity contribution in [2.75, 3.05) is 24.3 Å². The first-order chi connectivity index (χ1) is 22.0. The molecule has 0 bridgehead atoms. The number of benzene rings is 3. The van der Waals surface area contributed by atoms with Crippen molar-refractivity contribution in [3.8, 4) is 28.4 Å². The van der Waals surface area contributed by atoms with E-state index in [0.29, 0.717) is 35.2 Å². The summed E-state index contributed by atoms with van der Waals surface area (Å²) in [7, 11) is 1.55. The molecule has 0 saturated carbocycles. The minimum Gasteiger partial charge on any atom is -0.494 e. The largest absolute Gasteiger partial charge is 0.494 e. The van der Waals surface area contributed by atoms with Crippen molar-refractivity contribution < 1.29 is 14.6 Å². The number of H-pyrrole nitrogens is 1. The molecular formula is C34H28N8O3. The number of methoxy groups -OCH3 is 1. The molecule has 0 fully saturated rings. The minimum absolute atomic E-state index is 0.204. The number of aromatic nitrogens is 6. The highest BCUT2D eigenvalue weighted by Gasteiger charge is 2.19. The fourth-order valence-electron chi connectivity index (χ4n) is 5.27. The quantitative estimate of drug-likeness (QED) is 0.146. The van der Waals surface area contributed by atoms with Crippen LogP contribution in [-0.4, -0.2) is 54.1 Å². The Morgan fingerprint density at radius 3 is 2.67 bits per heavy atom. The monoisotopic (exact) mass is 596 g/mol. The fourth-order valence-corrected chi connectivity index (χ4v) is 5.27. The number of carbonyl (C=O) groups is 1. The molecule has 7 aromatic rings. The van der Waals surface area contributed by atoms with Gasteiger partial charge in [-0.3, -0.25) is 9.20 Å². The number of pyridine rings is 1. The van der Waals surface area contributed by atoms with E-state index in [1.807, 2.05) is 65.2 Å². The molecule has 0 radical (unpaired) electrons. The van der Waals surface area contributed by atoms with E-state index in [1.165, 1.54) is 5.56 Å². The Morgan fingerprint density at radius 1 is 0.956 bits per heavy atom. The summed E-state index contributed by atoms with van der Waals surface area (Å²) in [6.45, 7) is -0.204. The van der Waals surface area contributed by atoms with Crippen LogP contribution in [0.2, 0.25) is 0 Å². The maximum absolute atomic E-state index is 10.9. The number of nitrogens with one attached hydrogen (secondary N) is 3. The second-order valence-electron chi connectivity index (χ2n) is 10.4. The van der Waals surface area contributed by atoms with Gasteiger partial charge in [0.2, 0.25) is 5.95 Å². The van der Waals surface area contributed by atoms with Crippen LogP contribution in [0.1, 0.15) is 11.4 Å². The second-order valence-corrected chi connectivity index (χ2v) is 10.4. The molecule has 0 atom stereocenters. The molecule has 11 nitrogen and oxygen atoms in total. The standard InChI is InChI=1S/C34H28N8O3/c1-45-28-19-23(36-20-31(43)44)11-13-25(28)39-34-35-15-14-26(40-34)33-32(41-30-9-5-6-16-42(30)33)22-10-12-24-27(18-22)38-29(37-24)17-21-7-3-2-4-8-21/h2-16,18-19,36H,17,20H2,1H3,(H,37,38)(H,43,44)(H,35,39,40). The van der Waals surface area contributed by atoms with E-state index in [0.717, 1.165) is 39.5 Å². The van der Waals surface area contributed by atoms with E-state index in [1.54, 1.807) is 31.5 Å². The van der Waals surface area contributed by atoms with Crippen LogP contribution in [0.3, 0.4) is 0 Å². The van der Waals surface area contributed by atoms with E-state index in [4.69, 9.17) is 24.8 Å². The molecule has 4 aromatic heterocycles. The smallest absolute Gasteiger partial charge is 0.322 e. The topological polar surface area (TPSA) is 142 Å². The lowest BCUT2D eigenvalue weighted by molar-refractivity contribution is -0.134. The van der Waals surface area contributed by atoms with Gasteiger partial charge in [0, 0.05) is 36.1 Å². The lowest BCUT2D eigenvalue weighted by Gasteiger charge is -2.13. The number of hydrogen-bond donors (Lipinski definition) is 4. The SMILES string of the molecule is COc1cc(NCC(=O)O)ccc1Nc1nccc(-c2c(-c3ccc4[nH]c(Cc5ccccc5)nc4c3)nc3ccccn23)n1. The number of nitrogens with zero attached hydrogens (tertiary/aromatic N) is 5. The molecule has 0 saturated heterocycles. The molecule has 4 heterocycles. The highest BCUT2D eigenvalue weighted by Crippen LogP contribution is 2.35. The van der Waals surface area contributed by atoms with Crippen molar-refractivity contribution in [2.24, 2.45) is 0 Å². The fraction of sp³-hybridized carbons (Fsp3) is 0.0882. The zero-order valence-electron chi connectivity index (χ0n) is 24.2.